The normalized spacial score (nSPS) is 11.2. The molecule has 1 aromatic heterocycles. The van der Waals surface area contributed by atoms with Crippen molar-refractivity contribution in [1.82, 2.24) is 20.5 Å². The lowest BCUT2D eigenvalue weighted by atomic mass is 10.2. The van der Waals surface area contributed by atoms with Crippen LogP contribution in [0.4, 0.5) is 0 Å². The number of rotatable bonds is 8. The Hall–Kier alpha value is -2.28. The van der Waals surface area contributed by atoms with Gasteiger partial charge in [-0.25, -0.2) is 0 Å². The van der Waals surface area contributed by atoms with E-state index in [9.17, 15) is 4.79 Å². The van der Waals surface area contributed by atoms with Gasteiger partial charge in [0.1, 0.15) is 0 Å². The molecule has 2 rings (SSSR count). The zero-order valence-electron chi connectivity index (χ0n) is 14.3. The number of hydrogen-bond acceptors (Lipinski definition) is 2. The SMILES string of the molecule is CN=C(NCCCNC(=O)c1cccc(Br)c1)NCCn1cccc1. The van der Waals surface area contributed by atoms with E-state index >= 15 is 0 Å². The maximum atomic E-state index is 12.0. The minimum Gasteiger partial charge on any atom is -0.356 e. The second-order valence-electron chi connectivity index (χ2n) is 5.47. The van der Waals surface area contributed by atoms with Crippen molar-refractivity contribution in [2.45, 2.75) is 13.0 Å². The molecule has 0 atom stereocenters. The monoisotopic (exact) mass is 405 g/mol. The van der Waals surface area contributed by atoms with Crippen LogP contribution in [0.15, 0.2) is 58.3 Å². The fourth-order valence-electron chi connectivity index (χ4n) is 2.27. The summed E-state index contributed by atoms with van der Waals surface area (Å²) in [5, 5.41) is 9.42. The first-order chi connectivity index (χ1) is 12.2. The van der Waals surface area contributed by atoms with Gasteiger partial charge in [0.15, 0.2) is 5.96 Å². The molecule has 0 bridgehead atoms. The number of aliphatic imine (C=N–C) groups is 1. The van der Waals surface area contributed by atoms with Crippen molar-refractivity contribution in [2.75, 3.05) is 26.7 Å². The number of carbonyl (C=O) groups is 1. The summed E-state index contributed by atoms with van der Waals surface area (Å²) in [6, 6.07) is 11.4. The van der Waals surface area contributed by atoms with Crippen molar-refractivity contribution in [3.63, 3.8) is 0 Å². The molecule has 0 saturated heterocycles. The first-order valence-corrected chi connectivity index (χ1v) is 9.07. The molecule has 1 heterocycles. The average molecular weight is 406 g/mol. The van der Waals surface area contributed by atoms with Crippen LogP contribution in [0, 0.1) is 0 Å². The van der Waals surface area contributed by atoms with Crippen molar-refractivity contribution in [3.8, 4) is 0 Å². The van der Waals surface area contributed by atoms with Gasteiger partial charge in [-0.15, -0.1) is 0 Å². The number of guanidine groups is 1. The Morgan fingerprint density at radius 3 is 2.52 bits per heavy atom. The largest absolute Gasteiger partial charge is 0.356 e. The van der Waals surface area contributed by atoms with E-state index in [0.29, 0.717) is 12.1 Å². The van der Waals surface area contributed by atoms with Crippen molar-refractivity contribution < 1.29 is 4.79 Å². The van der Waals surface area contributed by atoms with Crippen molar-refractivity contribution in [1.29, 1.82) is 0 Å². The predicted octanol–water partition coefficient (Wildman–Crippen LogP) is 2.24. The standard InChI is InChI=1S/C18H24BrN5O/c1-20-18(23-10-13-24-11-2-3-12-24)22-9-5-8-21-17(25)15-6-4-7-16(19)14-15/h2-4,6-7,11-12,14H,5,8-10,13H2,1H3,(H,21,25)(H2,20,22,23). The predicted molar refractivity (Wildman–Crippen MR) is 105 cm³/mol. The Bertz CT molecular complexity index is 685. The van der Waals surface area contributed by atoms with E-state index in [4.69, 9.17) is 0 Å². The van der Waals surface area contributed by atoms with Gasteiger partial charge >= 0.3 is 0 Å². The first-order valence-electron chi connectivity index (χ1n) is 8.28. The molecule has 0 fully saturated rings. The third-order valence-corrected chi connectivity index (χ3v) is 4.06. The van der Waals surface area contributed by atoms with Gasteiger partial charge in [-0.2, -0.15) is 0 Å². The number of amides is 1. The van der Waals surface area contributed by atoms with Crippen LogP contribution in [-0.4, -0.2) is 43.1 Å². The van der Waals surface area contributed by atoms with Gasteiger partial charge in [-0.05, 0) is 36.8 Å². The van der Waals surface area contributed by atoms with Crippen molar-refractivity contribution in [2.24, 2.45) is 4.99 Å². The van der Waals surface area contributed by atoms with E-state index in [2.05, 4.69) is 41.4 Å². The summed E-state index contributed by atoms with van der Waals surface area (Å²) in [7, 11) is 1.75. The first kappa shape index (κ1) is 19.1. The molecule has 7 heteroatoms. The topological polar surface area (TPSA) is 70.4 Å². The molecule has 0 aliphatic heterocycles. The molecule has 0 saturated carbocycles. The van der Waals surface area contributed by atoms with Gasteiger partial charge in [-0.3, -0.25) is 9.79 Å². The van der Waals surface area contributed by atoms with E-state index in [-0.39, 0.29) is 5.91 Å². The Morgan fingerprint density at radius 1 is 1.08 bits per heavy atom. The van der Waals surface area contributed by atoms with Gasteiger partial charge in [0.05, 0.1) is 0 Å². The summed E-state index contributed by atoms with van der Waals surface area (Å²) in [5.41, 5.74) is 0.657. The number of aromatic nitrogens is 1. The molecule has 1 aromatic carbocycles. The summed E-state index contributed by atoms with van der Waals surface area (Å²) < 4.78 is 3.01. The van der Waals surface area contributed by atoms with E-state index in [1.54, 1.807) is 13.1 Å². The van der Waals surface area contributed by atoms with E-state index in [1.165, 1.54) is 0 Å². The van der Waals surface area contributed by atoms with Gasteiger partial charge in [0.2, 0.25) is 0 Å². The minimum absolute atomic E-state index is 0.0597. The molecular weight excluding hydrogens is 382 g/mol. The number of nitrogens with zero attached hydrogens (tertiary/aromatic N) is 2. The van der Waals surface area contributed by atoms with E-state index < -0.39 is 0 Å². The Morgan fingerprint density at radius 2 is 1.80 bits per heavy atom. The number of benzene rings is 1. The van der Waals surface area contributed by atoms with E-state index in [0.717, 1.165) is 36.5 Å². The minimum atomic E-state index is -0.0597. The van der Waals surface area contributed by atoms with Crippen LogP contribution in [0.2, 0.25) is 0 Å². The maximum absolute atomic E-state index is 12.0. The summed E-state index contributed by atoms with van der Waals surface area (Å²) in [6.45, 7) is 3.03. The van der Waals surface area contributed by atoms with Crippen LogP contribution in [-0.2, 0) is 6.54 Å². The molecule has 134 valence electrons. The molecule has 0 spiro atoms. The maximum Gasteiger partial charge on any atom is 0.251 e. The van der Waals surface area contributed by atoms with Gasteiger partial charge < -0.3 is 20.5 Å². The molecular formula is C18H24BrN5O. The molecule has 2 aromatic rings. The lowest BCUT2D eigenvalue weighted by Gasteiger charge is -2.12. The molecule has 25 heavy (non-hydrogen) atoms. The van der Waals surface area contributed by atoms with Gasteiger partial charge in [0.25, 0.3) is 5.91 Å². The lowest BCUT2D eigenvalue weighted by molar-refractivity contribution is 0.0953. The van der Waals surface area contributed by atoms with Gasteiger partial charge in [-0.1, -0.05) is 22.0 Å². The fourth-order valence-corrected chi connectivity index (χ4v) is 2.67. The average Bonchev–Trinajstić information content (AvgIpc) is 3.13. The third kappa shape index (κ3) is 7.01. The molecule has 0 aliphatic carbocycles. The van der Waals surface area contributed by atoms with Crippen molar-refractivity contribution in [3.05, 3.63) is 58.8 Å². The smallest absolute Gasteiger partial charge is 0.251 e. The molecule has 0 unspecified atom stereocenters. The zero-order chi connectivity index (χ0) is 17.9. The van der Waals surface area contributed by atoms with Crippen LogP contribution in [0.1, 0.15) is 16.8 Å². The van der Waals surface area contributed by atoms with Crippen LogP contribution in [0.5, 0.6) is 0 Å². The van der Waals surface area contributed by atoms with Gasteiger partial charge in [0, 0.05) is 55.7 Å². The third-order valence-electron chi connectivity index (χ3n) is 3.57. The van der Waals surface area contributed by atoms with Crippen LogP contribution in [0.3, 0.4) is 0 Å². The highest BCUT2D eigenvalue weighted by atomic mass is 79.9. The number of nitrogens with one attached hydrogen (secondary N) is 3. The van der Waals surface area contributed by atoms with Crippen LogP contribution in [0.25, 0.3) is 0 Å². The fraction of sp³-hybridized carbons (Fsp3) is 0.333. The highest BCUT2D eigenvalue weighted by Gasteiger charge is 2.04. The Kier molecular flexibility index (Phi) is 8.04. The second kappa shape index (κ2) is 10.6. The molecule has 1 amide bonds. The zero-order valence-corrected chi connectivity index (χ0v) is 15.9. The summed E-state index contributed by atoms with van der Waals surface area (Å²) in [4.78, 5) is 16.2. The molecule has 0 radical (unpaired) electrons. The summed E-state index contributed by atoms with van der Waals surface area (Å²) in [5.74, 6) is 0.709. The molecule has 6 nitrogen and oxygen atoms in total. The van der Waals surface area contributed by atoms with Crippen LogP contribution >= 0.6 is 15.9 Å². The Balaban J connectivity index is 1.58. The molecule has 0 aliphatic rings. The lowest BCUT2D eigenvalue weighted by Crippen LogP contribution is -2.40. The second-order valence-corrected chi connectivity index (χ2v) is 6.38. The molecule has 3 N–H and O–H groups in total. The number of carbonyl (C=O) groups excluding carboxylic acids is 1. The summed E-state index contributed by atoms with van der Waals surface area (Å²) in [6.07, 6.45) is 4.88. The number of halogens is 1. The van der Waals surface area contributed by atoms with Crippen LogP contribution < -0.4 is 16.0 Å². The van der Waals surface area contributed by atoms with Crippen molar-refractivity contribution >= 4 is 27.8 Å². The Labute approximate surface area is 156 Å². The van der Waals surface area contributed by atoms with E-state index in [1.807, 2.05) is 42.7 Å². The number of hydrogen-bond donors (Lipinski definition) is 3. The summed E-state index contributed by atoms with van der Waals surface area (Å²) >= 11 is 3.37. The quantitative estimate of drug-likeness (QED) is 0.358. The highest BCUT2D eigenvalue weighted by Crippen LogP contribution is 2.11. The highest BCUT2D eigenvalue weighted by molar-refractivity contribution is 9.10.